The van der Waals surface area contributed by atoms with E-state index in [0.29, 0.717) is 38.2 Å². The third kappa shape index (κ3) is 16.7. The highest BCUT2D eigenvalue weighted by molar-refractivity contribution is 7.14. The molecular formula is C48H72N6O6S. The molecule has 0 saturated carbocycles. The van der Waals surface area contributed by atoms with Crippen LogP contribution in [0.5, 0.6) is 0 Å². The lowest BCUT2D eigenvalue weighted by molar-refractivity contribution is -0.130. The number of unbranched alkanes of at least 4 members (excludes halogenated alkanes) is 2. The minimum atomic E-state index is -1.06. The van der Waals surface area contributed by atoms with Gasteiger partial charge in [-0.05, 0) is 107 Å². The van der Waals surface area contributed by atoms with E-state index in [0.717, 1.165) is 97.8 Å². The van der Waals surface area contributed by atoms with Crippen LogP contribution in [-0.4, -0.2) is 133 Å². The van der Waals surface area contributed by atoms with Crippen LogP contribution in [0.1, 0.15) is 113 Å². The molecule has 0 spiro atoms. The van der Waals surface area contributed by atoms with Crippen molar-refractivity contribution in [2.24, 2.45) is 5.41 Å². The molecule has 4 rings (SSSR count). The van der Waals surface area contributed by atoms with Crippen LogP contribution in [0.25, 0.3) is 11.1 Å². The molecule has 336 valence electrons. The van der Waals surface area contributed by atoms with Gasteiger partial charge in [0.1, 0.15) is 5.60 Å². The quantitative estimate of drug-likeness (QED) is 0.108. The van der Waals surface area contributed by atoms with Gasteiger partial charge in [-0.2, -0.15) is 0 Å². The molecule has 2 aromatic carbocycles. The molecule has 61 heavy (non-hydrogen) atoms. The summed E-state index contributed by atoms with van der Waals surface area (Å²) in [5.74, 6) is 0.423. The number of ether oxygens (including phenoxy) is 1. The molecule has 0 unspecified atom stereocenters. The minimum absolute atomic E-state index is 0.00977. The van der Waals surface area contributed by atoms with E-state index >= 15 is 0 Å². The average molecular weight is 861 g/mol. The second-order valence-electron chi connectivity index (χ2n) is 18.8. The van der Waals surface area contributed by atoms with E-state index in [4.69, 9.17) is 4.74 Å². The number of thiophene rings is 1. The lowest BCUT2D eigenvalue weighted by Crippen LogP contribution is -2.40. The third-order valence-electron chi connectivity index (χ3n) is 11.0. The maximum atomic E-state index is 13.3. The molecule has 1 aliphatic rings. The lowest BCUT2D eigenvalue weighted by Gasteiger charge is -2.34. The number of amides is 4. The molecule has 0 aliphatic carbocycles. The third-order valence-corrected chi connectivity index (χ3v) is 12.0. The van der Waals surface area contributed by atoms with Crippen molar-refractivity contribution in [3.8, 4) is 11.1 Å². The van der Waals surface area contributed by atoms with Crippen molar-refractivity contribution >= 4 is 41.0 Å². The number of anilines is 1. The van der Waals surface area contributed by atoms with E-state index in [2.05, 4.69) is 48.0 Å². The minimum Gasteiger partial charge on any atom is -0.465 e. The number of piperidine rings is 1. The second kappa shape index (κ2) is 23.1. The monoisotopic (exact) mass is 861 g/mol. The van der Waals surface area contributed by atoms with E-state index in [1.165, 1.54) is 0 Å². The van der Waals surface area contributed by atoms with Gasteiger partial charge in [-0.15, -0.1) is 11.3 Å². The number of carbonyl (C=O) groups is 4. The summed E-state index contributed by atoms with van der Waals surface area (Å²) >= 11 is 1.55. The van der Waals surface area contributed by atoms with Gasteiger partial charge in [0.15, 0.2) is 0 Å². The molecule has 12 nitrogen and oxygen atoms in total. The van der Waals surface area contributed by atoms with Crippen LogP contribution in [0.3, 0.4) is 0 Å². The number of carboxylic acid groups (broad SMARTS) is 1. The molecule has 0 bridgehead atoms. The van der Waals surface area contributed by atoms with Crippen molar-refractivity contribution < 1.29 is 29.0 Å². The van der Waals surface area contributed by atoms with Gasteiger partial charge < -0.3 is 29.4 Å². The predicted molar refractivity (Wildman–Crippen MR) is 248 cm³/mol. The number of benzene rings is 2. The first-order valence-corrected chi connectivity index (χ1v) is 22.8. The van der Waals surface area contributed by atoms with Crippen LogP contribution < -0.4 is 5.32 Å². The lowest BCUT2D eigenvalue weighted by atomic mass is 9.86. The molecule has 0 radical (unpaired) electrons. The van der Waals surface area contributed by atoms with E-state index in [-0.39, 0.29) is 29.2 Å². The zero-order valence-corrected chi connectivity index (χ0v) is 39.1. The SMILES string of the molecule is CN(CCN1CCC(c2cccc(-c3ccccc3)c2NC(=O)O)CC1)C(=O)CCCCCN(Cc1ccc(C(=O)N(C)CCCN(C)C(=O)OC(C)(C)C)s1)CC(C)(C)C. The Kier molecular flexibility index (Phi) is 18.6. The van der Waals surface area contributed by atoms with E-state index < -0.39 is 11.7 Å². The molecule has 1 aromatic heterocycles. The summed E-state index contributed by atoms with van der Waals surface area (Å²) in [4.78, 5) is 62.3. The van der Waals surface area contributed by atoms with Gasteiger partial charge in [0.05, 0.1) is 10.6 Å². The molecule has 2 heterocycles. The standard InChI is InChI=1S/C48H72N6O6S/c1-47(2,3)35-54(34-38-23-24-41(61-38)44(56)51(8)27-17-28-52(9)46(59)60-48(4,5)6)29-15-11-14-22-42(55)50(7)32-33-53-30-25-37(26-31-53)40-21-16-20-39(43(40)49-45(57)58)36-18-12-10-13-19-36/h10,12-13,16,18-21,23-24,37,49H,11,14-15,17,22,25-35H2,1-9H3,(H,57,58). The topological polar surface area (TPSA) is 126 Å². The average Bonchev–Trinajstić information content (AvgIpc) is 3.66. The maximum Gasteiger partial charge on any atom is 0.410 e. The highest BCUT2D eigenvalue weighted by Gasteiger charge is 2.26. The van der Waals surface area contributed by atoms with Crippen LogP contribution in [0.4, 0.5) is 15.3 Å². The molecule has 1 fully saturated rings. The van der Waals surface area contributed by atoms with Gasteiger partial charge in [0.25, 0.3) is 5.91 Å². The number of para-hydroxylation sites is 1. The number of hydrogen-bond donors (Lipinski definition) is 2. The Bertz CT molecular complexity index is 1860. The Morgan fingerprint density at radius 2 is 1.48 bits per heavy atom. The van der Waals surface area contributed by atoms with Crippen molar-refractivity contribution in [1.82, 2.24) is 24.5 Å². The van der Waals surface area contributed by atoms with Crippen molar-refractivity contribution in [1.29, 1.82) is 0 Å². The molecule has 3 aromatic rings. The summed E-state index contributed by atoms with van der Waals surface area (Å²) in [6.07, 6.45) is 4.45. The second-order valence-corrected chi connectivity index (χ2v) is 20.0. The zero-order valence-electron chi connectivity index (χ0n) is 38.3. The molecule has 1 saturated heterocycles. The fourth-order valence-electron chi connectivity index (χ4n) is 7.83. The Morgan fingerprint density at radius 1 is 0.787 bits per heavy atom. The van der Waals surface area contributed by atoms with Crippen LogP contribution >= 0.6 is 11.3 Å². The van der Waals surface area contributed by atoms with Gasteiger partial charge in [-0.25, -0.2) is 9.59 Å². The maximum absolute atomic E-state index is 13.3. The zero-order chi connectivity index (χ0) is 44.7. The number of nitrogens with zero attached hydrogens (tertiary/aromatic N) is 5. The molecular weight excluding hydrogens is 789 g/mol. The summed E-state index contributed by atoms with van der Waals surface area (Å²) in [6.45, 7) is 19.2. The predicted octanol–water partition coefficient (Wildman–Crippen LogP) is 9.58. The van der Waals surface area contributed by atoms with Crippen LogP contribution in [0.15, 0.2) is 60.7 Å². The summed E-state index contributed by atoms with van der Waals surface area (Å²) in [5, 5.41) is 12.4. The highest BCUT2D eigenvalue weighted by Crippen LogP contribution is 2.39. The molecule has 0 atom stereocenters. The van der Waals surface area contributed by atoms with Crippen molar-refractivity contribution in [3.63, 3.8) is 0 Å². The summed E-state index contributed by atoms with van der Waals surface area (Å²) in [5.41, 5.74) is 3.17. The summed E-state index contributed by atoms with van der Waals surface area (Å²) in [6, 6.07) is 19.9. The molecule has 4 amide bonds. The molecule has 1 aliphatic heterocycles. The Hall–Kier alpha value is -4.46. The highest BCUT2D eigenvalue weighted by atomic mass is 32.1. The Labute approximate surface area is 369 Å². The normalized spacial score (nSPS) is 13.9. The smallest absolute Gasteiger partial charge is 0.410 e. The number of rotatable bonds is 20. The molecule has 2 N–H and O–H groups in total. The van der Waals surface area contributed by atoms with Gasteiger partial charge in [0.2, 0.25) is 5.91 Å². The van der Waals surface area contributed by atoms with Crippen molar-refractivity contribution in [2.75, 3.05) is 78.8 Å². The fraction of sp³-hybridized carbons (Fsp3) is 0.583. The van der Waals surface area contributed by atoms with Crippen molar-refractivity contribution in [2.45, 2.75) is 105 Å². The Morgan fingerprint density at radius 3 is 2.13 bits per heavy atom. The van der Waals surface area contributed by atoms with Crippen LogP contribution in [0.2, 0.25) is 0 Å². The first-order valence-electron chi connectivity index (χ1n) is 21.9. The van der Waals surface area contributed by atoms with E-state index in [9.17, 15) is 24.3 Å². The Balaban J connectivity index is 1.16. The fourth-order valence-corrected chi connectivity index (χ4v) is 8.87. The number of hydrogen-bond acceptors (Lipinski definition) is 8. The van der Waals surface area contributed by atoms with E-state index in [1.807, 2.05) is 81.2 Å². The number of likely N-dealkylation sites (tertiary alicyclic amines) is 1. The summed E-state index contributed by atoms with van der Waals surface area (Å²) in [7, 11) is 5.43. The van der Waals surface area contributed by atoms with Gasteiger partial charge in [0, 0.05) is 77.3 Å². The summed E-state index contributed by atoms with van der Waals surface area (Å²) < 4.78 is 5.43. The van der Waals surface area contributed by atoms with Gasteiger partial charge in [-0.3, -0.25) is 19.8 Å². The van der Waals surface area contributed by atoms with Crippen molar-refractivity contribution in [3.05, 3.63) is 76.0 Å². The van der Waals surface area contributed by atoms with Gasteiger partial charge >= 0.3 is 12.2 Å². The first-order chi connectivity index (χ1) is 28.8. The van der Waals surface area contributed by atoms with E-state index in [1.54, 1.807) is 35.2 Å². The van der Waals surface area contributed by atoms with Gasteiger partial charge in [-0.1, -0.05) is 75.7 Å². The van der Waals surface area contributed by atoms with Crippen LogP contribution in [-0.2, 0) is 16.1 Å². The largest absolute Gasteiger partial charge is 0.465 e. The molecule has 13 heteroatoms. The number of nitrogens with one attached hydrogen (secondary N) is 1. The first kappa shape index (κ1) is 49.2. The number of carbonyl (C=O) groups excluding carboxylic acids is 3. The van der Waals surface area contributed by atoms with Crippen LogP contribution in [0, 0.1) is 5.41 Å². The number of likely N-dealkylation sites (N-methyl/N-ethyl adjacent to an activating group) is 1.